The summed E-state index contributed by atoms with van der Waals surface area (Å²) < 4.78 is 0. The first-order valence-electron chi connectivity index (χ1n) is 3.76. The lowest BCUT2D eigenvalue weighted by Gasteiger charge is -1.83. The molecule has 0 fully saturated rings. The van der Waals surface area contributed by atoms with E-state index in [2.05, 4.69) is 4.98 Å². The van der Waals surface area contributed by atoms with E-state index >= 15 is 0 Å². The third-order valence-electron chi connectivity index (χ3n) is 1.56. The molecule has 12 heavy (non-hydrogen) atoms. The van der Waals surface area contributed by atoms with Crippen LogP contribution in [0.1, 0.15) is 6.92 Å². The average molecular weight is 163 g/mol. The highest BCUT2D eigenvalue weighted by atomic mass is 14.8. The van der Waals surface area contributed by atoms with Gasteiger partial charge in [-0.25, -0.2) is 0 Å². The van der Waals surface area contributed by atoms with Crippen molar-refractivity contribution in [2.45, 2.75) is 6.92 Å². The fourth-order valence-corrected chi connectivity index (χ4v) is 0.976. The van der Waals surface area contributed by atoms with Gasteiger partial charge in [0.2, 0.25) is 0 Å². The Morgan fingerprint density at radius 1 is 1.50 bits per heavy atom. The second-order valence-corrected chi connectivity index (χ2v) is 2.47. The van der Waals surface area contributed by atoms with Crippen molar-refractivity contribution in [3.05, 3.63) is 34.7 Å². The second-order valence-electron chi connectivity index (χ2n) is 2.47. The summed E-state index contributed by atoms with van der Waals surface area (Å²) in [6, 6.07) is 1.97. The Kier molecular flexibility index (Phi) is 2.58. The maximum absolute atomic E-state index is 5.29. The van der Waals surface area contributed by atoms with Gasteiger partial charge in [-0.05, 0) is 30.4 Å². The number of hydrogen-bond acceptors (Lipinski definition) is 2. The lowest BCUT2D eigenvalue weighted by molar-refractivity contribution is 1.26. The molecule has 0 aliphatic heterocycles. The number of nitrogens with two attached hydrogens (primary N) is 2. The number of aromatic nitrogens is 1. The van der Waals surface area contributed by atoms with Crippen molar-refractivity contribution in [2.75, 3.05) is 0 Å². The van der Waals surface area contributed by atoms with Gasteiger partial charge in [-0.2, -0.15) is 0 Å². The summed E-state index contributed by atoms with van der Waals surface area (Å²) >= 11 is 0. The van der Waals surface area contributed by atoms with E-state index in [0.29, 0.717) is 5.82 Å². The topological polar surface area (TPSA) is 67.8 Å². The van der Waals surface area contributed by atoms with E-state index in [1.165, 1.54) is 0 Å². The van der Waals surface area contributed by atoms with E-state index in [-0.39, 0.29) is 0 Å². The fourth-order valence-electron chi connectivity index (χ4n) is 0.976. The molecule has 0 aliphatic rings. The summed E-state index contributed by atoms with van der Waals surface area (Å²) in [5, 5.41) is 2.17. The molecule has 0 aliphatic carbocycles. The van der Waals surface area contributed by atoms with E-state index in [1.54, 1.807) is 6.08 Å². The van der Waals surface area contributed by atoms with Crippen molar-refractivity contribution in [1.29, 1.82) is 0 Å². The van der Waals surface area contributed by atoms with Crippen molar-refractivity contribution < 1.29 is 0 Å². The van der Waals surface area contributed by atoms with Crippen molar-refractivity contribution >= 4 is 12.2 Å². The molecule has 1 aromatic heterocycles. The van der Waals surface area contributed by atoms with Gasteiger partial charge in [-0.1, -0.05) is 6.08 Å². The molecule has 0 saturated carbocycles. The summed E-state index contributed by atoms with van der Waals surface area (Å²) in [7, 11) is 0. The van der Waals surface area contributed by atoms with Crippen molar-refractivity contribution in [3.63, 3.8) is 0 Å². The molecule has 0 unspecified atom stereocenters. The molecule has 0 bridgehead atoms. The van der Waals surface area contributed by atoms with Gasteiger partial charge in [0.25, 0.3) is 0 Å². The van der Waals surface area contributed by atoms with Crippen LogP contribution >= 0.6 is 0 Å². The molecular formula is C9H13N3. The Labute approximate surface area is 71.1 Å². The molecule has 0 spiro atoms. The lowest BCUT2D eigenvalue weighted by atomic mass is 10.3. The highest BCUT2D eigenvalue weighted by molar-refractivity contribution is 5.39. The number of rotatable bonds is 1. The van der Waals surface area contributed by atoms with Gasteiger partial charge in [0.05, 0.1) is 5.82 Å². The molecule has 1 heterocycles. The molecule has 5 N–H and O–H groups in total. The van der Waals surface area contributed by atoms with Crippen LogP contribution in [0.3, 0.4) is 0 Å². The number of allylic oxidation sites excluding steroid dienone is 1. The molecule has 64 valence electrons. The Bertz CT molecular complexity index is 380. The second kappa shape index (κ2) is 3.67. The highest BCUT2D eigenvalue weighted by Crippen LogP contribution is 1.72. The Morgan fingerprint density at radius 2 is 2.25 bits per heavy atom. The van der Waals surface area contributed by atoms with Crippen LogP contribution in [0.25, 0.3) is 12.2 Å². The van der Waals surface area contributed by atoms with E-state index in [1.807, 2.05) is 31.3 Å². The molecule has 0 aromatic carbocycles. The summed E-state index contributed by atoms with van der Waals surface area (Å²) in [6.45, 7) is 1.97. The molecular weight excluding hydrogens is 150 g/mol. The van der Waals surface area contributed by atoms with Crippen LogP contribution in [0.2, 0.25) is 0 Å². The van der Waals surface area contributed by atoms with Gasteiger partial charge in [0.1, 0.15) is 0 Å². The first-order chi connectivity index (χ1) is 5.74. The zero-order valence-corrected chi connectivity index (χ0v) is 7.04. The standard InChI is InChI=1S/C9H13N3/c1-2-8-7(5-6-12-8)3-4-9(10)11/h2-6,12H,10-11H2,1H3/b7-3-,8-2+. The minimum atomic E-state index is 0.318. The predicted molar refractivity (Wildman–Crippen MR) is 51.1 cm³/mol. The maximum Gasteiger partial charge on any atom is 0.0933 e. The van der Waals surface area contributed by atoms with Crippen LogP contribution in [-0.4, -0.2) is 4.98 Å². The Hall–Kier alpha value is -1.64. The maximum atomic E-state index is 5.29. The summed E-state index contributed by atoms with van der Waals surface area (Å²) in [5.41, 5.74) is 10.6. The first kappa shape index (κ1) is 8.46. The third kappa shape index (κ3) is 1.92. The molecule has 3 heteroatoms. The van der Waals surface area contributed by atoms with E-state index < -0.39 is 0 Å². The Balaban J connectivity index is 3.20. The number of nitrogens with one attached hydrogen (secondary N) is 1. The van der Waals surface area contributed by atoms with Gasteiger partial charge < -0.3 is 16.5 Å². The molecule has 0 saturated heterocycles. The summed E-state index contributed by atoms with van der Waals surface area (Å²) in [5.74, 6) is 0.318. The SMILES string of the molecule is C/C=c1/[nH]cc/c1=C/C=C(N)N. The van der Waals surface area contributed by atoms with Gasteiger partial charge in [0.15, 0.2) is 0 Å². The number of H-pyrrole nitrogens is 1. The minimum absolute atomic E-state index is 0.318. The van der Waals surface area contributed by atoms with E-state index in [0.717, 1.165) is 10.6 Å². The Morgan fingerprint density at radius 3 is 2.83 bits per heavy atom. The minimum Gasteiger partial charge on any atom is -0.386 e. The van der Waals surface area contributed by atoms with Gasteiger partial charge >= 0.3 is 0 Å². The van der Waals surface area contributed by atoms with Crippen LogP contribution in [-0.2, 0) is 0 Å². The molecule has 1 aromatic rings. The smallest absolute Gasteiger partial charge is 0.0933 e. The van der Waals surface area contributed by atoms with E-state index in [9.17, 15) is 0 Å². The molecule has 1 rings (SSSR count). The largest absolute Gasteiger partial charge is 0.386 e. The summed E-state index contributed by atoms with van der Waals surface area (Å²) in [6.07, 6.45) is 7.42. The molecule has 0 radical (unpaired) electrons. The van der Waals surface area contributed by atoms with Gasteiger partial charge in [-0.3, -0.25) is 0 Å². The van der Waals surface area contributed by atoms with Crippen LogP contribution in [0.5, 0.6) is 0 Å². The van der Waals surface area contributed by atoms with Crippen LogP contribution in [0.4, 0.5) is 0 Å². The predicted octanol–water partition coefficient (Wildman–Crippen LogP) is -0.646. The van der Waals surface area contributed by atoms with Crippen LogP contribution in [0.15, 0.2) is 24.2 Å². The fraction of sp³-hybridized carbons (Fsp3) is 0.111. The van der Waals surface area contributed by atoms with Gasteiger partial charge in [-0.15, -0.1) is 0 Å². The first-order valence-corrected chi connectivity index (χ1v) is 3.76. The van der Waals surface area contributed by atoms with Crippen molar-refractivity contribution in [1.82, 2.24) is 4.98 Å². The van der Waals surface area contributed by atoms with Crippen molar-refractivity contribution in [3.8, 4) is 0 Å². The van der Waals surface area contributed by atoms with Crippen LogP contribution < -0.4 is 22.0 Å². The molecule has 3 nitrogen and oxygen atoms in total. The normalized spacial score (nSPS) is 13.4. The quantitative estimate of drug-likeness (QED) is 0.515. The van der Waals surface area contributed by atoms with Crippen molar-refractivity contribution in [2.24, 2.45) is 11.5 Å². The zero-order chi connectivity index (χ0) is 8.97. The average Bonchev–Trinajstić information content (AvgIpc) is 2.47. The number of hydrogen-bond donors (Lipinski definition) is 3. The third-order valence-corrected chi connectivity index (χ3v) is 1.56. The zero-order valence-electron chi connectivity index (χ0n) is 7.04. The monoisotopic (exact) mass is 163 g/mol. The van der Waals surface area contributed by atoms with Gasteiger partial charge in [0, 0.05) is 11.5 Å². The molecule has 0 amide bonds. The van der Waals surface area contributed by atoms with Crippen LogP contribution in [0, 0.1) is 0 Å². The van der Waals surface area contributed by atoms with E-state index in [4.69, 9.17) is 11.5 Å². The number of aromatic amines is 1. The highest BCUT2D eigenvalue weighted by Gasteiger charge is 1.81. The summed E-state index contributed by atoms with van der Waals surface area (Å²) in [4.78, 5) is 3.08. The lowest BCUT2D eigenvalue weighted by Crippen LogP contribution is -2.21. The molecule has 0 atom stereocenters.